The van der Waals surface area contributed by atoms with E-state index in [0.717, 1.165) is 38.4 Å². The SMILES string of the molecule is CCCN(CCC)CCc1ccc2c(c1)N(Cc1ccc3ccccc3c1)CCO2. The van der Waals surface area contributed by atoms with Gasteiger partial charge in [-0.3, -0.25) is 0 Å². The fourth-order valence-electron chi connectivity index (χ4n) is 4.45. The predicted molar refractivity (Wildman–Crippen MR) is 128 cm³/mol. The lowest BCUT2D eigenvalue weighted by Gasteiger charge is -2.32. The van der Waals surface area contributed by atoms with E-state index in [1.807, 2.05) is 0 Å². The maximum absolute atomic E-state index is 5.97. The minimum Gasteiger partial charge on any atom is -0.490 e. The first-order chi connectivity index (χ1) is 14.8. The standard InChI is InChI=1S/C27H34N2O/c1-3-14-28(15-4-2)16-13-22-10-12-27-26(20-22)29(17-18-30-27)21-23-9-11-24-7-5-6-8-25(24)19-23/h5-12,19-20H,3-4,13-18,21H2,1-2H3. The van der Waals surface area contributed by atoms with Gasteiger partial charge in [-0.2, -0.15) is 0 Å². The van der Waals surface area contributed by atoms with Gasteiger partial charge in [-0.15, -0.1) is 0 Å². The quantitative estimate of drug-likeness (QED) is 0.443. The van der Waals surface area contributed by atoms with E-state index < -0.39 is 0 Å². The molecule has 1 aliphatic rings. The van der Waals surface area contributed by atoms with E-state index in [2.05, 4.69) is 84.3 Å². The van der Waals surface area contributed by atoms with E-state index in [1.54, 1.807) is 0 Å². The van der Waals surface area contributed by atoms with Gasteiger partial charge >= 0.3 is 0 Å². The minimum absolute atomic E-state index is 0.751. The number of hydrogen-bond acceptors (Lipinski definition) is 3. The number of nitrogens with zero attached hydrogens (tertiary/aromatic N) is 2. The topological polar surface area (TPSA) is 15.7 Å². The van der Waals surface area contributed by atoms with Crippen LogP contribution < -0.4 is 9.64 Å². The second-order valence-electron chi connectivity index (χ2n) is 8.35. The van der Waals surface area contributed by atoms with Crippen LogP contribution in [0.1, 0.15) is 37.8 Å². The van der Waals surface area contributed by atoms with Gasteiger partial charge in [0, 0.05) is 13.1 Å². The van der Waals surface area contributed by atoms with Crippen LogP contribution in [-0.2, 0) is 13.0 Å². The highest BCUT2D eigenvalue weighted by atomic mass is 16.5. The van der Waals surface area contributed by atoms with Gasteiger partial charge in [0.05, 0.1) is 12.2 Å². The van der Waals surface area contributed by atoms with E-state index in [0.29, 0.717) is 0 Å². The van der Waals surface area contributed by atoms with E-state index in [-0.39, 0.29) is 0 Å². The van der Waals surface area contributed by atoms with Crippen molar-refractivity contribution in [3.63, 3.8) is 0 Å². The summed E-state index contributed by atoms with van der Waals surface area (Å²) >= 11 is 0. The zero-order chi connectivity index (χ0) is 20.8. The highest BCUT2D eigenvalue weighted by Crippen LogP contribution is 2.34. The van der Waals surface area contributed by atoms with Crippen molar-refractivity contribution in [1.82, 2.24) is 4.90 Å². The van der Waals surface area contributed by atoms with Crippen LogP contribution in [0.5, 0.6) is 5.75 Å². The van der Waals surface area contributed by atoms with Crippen LogP contribution in [0.2, 0.25) is 0 Å². The van der Waals surface area contributed by atoms with Gasteiger partial charge in [-0.05, 0) is 72.5 Å². The van der Waals surface area contributed by atoms with Crippen LogP contribution in [0, 0.1) is 0 Å². The van der Waals surface area contributed by atoms with Crippen molar-refractivity contribution in [3.8, 4) is 5.75 Å². The predicted octanol–water partition coefficient (Wildman–Crippen LogP) is 5.90. The molecule has 0 atom stereocenters. The molecule has 1 heterocycles. The molecular weight excluding hydrogens is 368 g/mol. The smallest absolute Gasteiger partial charge is 0.142 e. The number of ether oxygens (including phenoxy) is 1. The highest BCUT2D eigenvalue weighted by molar-refractivity contribution is 5.83. The molecule has 3 aromatic rings. The van der Waals surface area contributed by atoms with Gasteiger partial charge in [-0.25, -0.2) is 0 Å². The van der Waals surface area contributed by atoms with Crippen molar-refractivity contribution in [2.24, 2.45) is 0 Å². The summed E-state index contributed by atoms with van der Waals surface area (Å²) in [5, 5.41) is 2.61. The zero-order valence-electron chi connectivity index (χ0n) is 18.4. The molecule has 158 valence electrons. The average molecular weight is 403 g/mol. The van der Waals surface area contributed by atoms with Crippen LogP contribution in [-0.4, -0.2) is 37.7 Å². The lowest BCUT2D eigenvalue weighted by Crippen LogP contribution is -2.32. The number of hydrogen-bond donors (Lipinski definition) is 0. The molecule has 0 fully saturated rings. The summed E-state index contributed by atoms with van der Waals surface area (Å²) in [4.78, 5) is 5.06. The Bertz CT molecular complexity index is 962. The highest BCUT2D eigenvalue weighted by Gasteiger charge is 2.19. The summed E-state index contributed by atoms with van der Waals surface area (Å²) in [5.41, 5.74) is 3.99. The molecule has 0 aromatic heterocycles. The number of anilines is 1. The first-order valence-electron chi connectivity index (χ1n) is 11.5. The Morgan fingerprint density at radius 3 is 2.40 bits per heavy atom. The van der Waals surface area contributed by atoms with Gasteiger partial charge < -0.3 is 14.5 Å². The van der Waals surface area contributed by atoms with Crippen LogP contribution in [0.15, 0.2) is 60.7 Å². The second kappa shape index (κ2) is 9.99. The van der Waals surface area contributed by atoms with Crippen molar-refractivity contribution >= 4 is 16.5 Å². The zero-order valence-corrected chi connectivity index (χ0v) is 18.4. The summed E-state index contributed by atoms with van der Waals surface area (Å²) in [5.74, 6) is 1.02. The molecule has 0 N–H and O–H groups in total. The van der Waals surface area contributed by atoms with E-state index in [9.17, 15) is 0 Å². The Balaban J connectivity index is 1.49. The molecule has 0 amide bonds. The summed E-state index contributed by atoms with van der Waals surface area (Å²) in [6, 6.07) is 22.2. The molecule has 0 saturated carbocycles. The number of fused-ring (bicyclic) bond motifs is 2. The molecule has 30 heavy (non-hydrogen) atoms. The third-order valence-electron chi connectivity index (χ3n) is 5.97. The fraction of sp³-hybridized carbons (Fsp3) is 0.407. The van der Waals surface area contributed by atoms with Crippen LogP contribution in [0.3, 0.4) is 0 Å². The molecule has 4 rings (SSSR count). The maximum Gasteiger partial charge on any atom is 0.142 e. The summed E-state index contributed by atoms with van der Waals surface area (Å²) in [6.07, 6.45) is 3.53. The van der Waals surface area contributed by atoms with Gasteiger partial charge in [-0.1, -0.05) is 56.3 Å². The molecule has 3 aromatic carbocycles. The molecular formula is C27H34N2O. The second-order valence-corrected chi connectivity index (χ2v) is 8.35. The molecule has 0 unspecified atom stereocenters. The Morgan fingerprint density at radius 1 is 0.833 bits per heavy atom. The van der Waals surface area contributed by atoms with Crippen molar-refractivity contribution in [1.29, 1.82) is 0 Å². The number of rotatable bonds is 9. The minimum atomic E-state index is 0.751. The molecule has 1 aliphatic heterocycles. The van der Waals surface area contributed by atoms with Gasteiger partial charge in [0.15, 0.2) is 0 Å². The largest absolute Gasteiger partial charge is 0.490 e. The summed E-state index contributed by atoms with van der Waals surface area (Å²) in [6.45, 7) is 10.6. The first-order valence-corrected chi connectivity index (χ1v) is 11.5. The molecule has 0 radical (unpaired) electrons. The first kappa shape index (κ1) is 20.7. The van der Waals surface area contributed by atoms with E-state index in [1.165, 1.54) is 53.5 Å². The molecule has 0 spiro atoms. The average Bonchev–Trinajstić information content (AvgIpc) is 2.78. The molecule has 3 nitrogen and oxygen atoms in total. The summed E-state index contributed by atoms with van der Waals surface area (Å²) < 4.78 is 5.97. The summed E-state index contributed by atoms with van der Waals surface area (Å²) in [7, 11) is 0. The van der Waals surface area contributed by atoms with Crippen LogP contribution >= 0.6 is 0 Å². The van der Waals surface area contributed by atoms with Crippen molar-refractivity contribution in [3.05, 3.63) is 71.8 Å². The Morgan fingerprint density at radius 2 is 1.60 bits per heavy atom. The van der Waals surface area contributed by atoms with Crippen molar-refractivity contribution < 1.29 is 4.74 Å². The maximum atomic E-state index is 5.97. The fourth-order valence-corrected chi connectivity index (χ4v) is 4.45. The van der Waals surface area contributed by atoms with Gasteiger partial charge in [0.1, 0.15) is 12.4 Å². The van der Waals surface area contributed by atoms with Crippen LogP contribution in [0.25, 0.3) is 10.8 Å². The Kier molecular flexibility index (Phi) is 6.91. The number of benzene rings is 3. The molecule has 0 aliphatic carbocycles. The molecule has 0 saturated heterocycles. The lowest BCUT2D eigenvalue weighted by atomic mass is 10.1. The Hall–Kier alpha value is -2.52. The normalized spacial score (nSPS) is 13.5. The van der Waals surface area contributed by atoms with E-state index >= 15 is 0 Å². The van der Waals surface area contributed by atoms with Gasteiger partial charge in [0.25, 0.3) is 0 Å². The van der Waals surface area contributed by atoms with Gasteiger partial charge in [0.2, 0.25) is 0 Å². The third-order valence-corrected chi connectivity index (χ3v) is 5.97. The van der Waals surface area contributed by atoms with E-state index in [4.69, 9.17) is 4.74 Å². The Labute approximate surface area is 181 Å². The third kappa shape index (κ3) is 4.96. The monoisotopic (exact) mass is 402 g/mol. The lowest BCUT2D eigenvalue weighted by molar-refractivity contribution is 0.278. The molecule has 0 bridgehead atoms. The van der Waals surface area contributed by atoms with Crippen molar-refractivity contribution in [2.75, 3.05) is 37.7 Å². The van der Waals surface area contributed by atoms with Crippen molar-refractivity contribution in [2.45, 2.75) is 39.7 Å². The molecule has 3 heteroatoms. The van der Waals surface area contributed by atoms with Crippen LogP contribution in [0.4, 0.5) is 5.69 Å².